The second-order valence-corrected chi connectivity index (χ2v) is 10.3. The highest BCUT2D eigenvalue weighted by molar-refractivity contribution is 9.10. The molecule has 0 saturated carbocycles. The van der Waals surface area contributed by atoms with Gasteiger partial charge in [-0.15, -0.1) is 0 Å². The number of hydrogen-bond donors (Lipinski definition) is 0. The van der Waals surface area contributed by atoms with Gasteiger partial charge in [-0.05, 0) is 60.5 Å². The molecule has 1 atom stereocenters. The summed E-state index contributed by atoms with van der Waals surface area (Å²) < 4.78 is 40.0. The lowest BCUT2D eigenvalue weighted by Gasteiger charge is -2.18. The average molecular weight is 487 g/mol. The van der Waals surface area contributed by atoms with Gasteiger partial charge in [-0.3, -0.25) is 0 Å². The molecule has 7 heteroatoms. The molecule has 0 fully saturated rings. The first-order valence-corrected chi connectivity index (χ1v) is 12.1. The van der Waals surface area contributed by atoms with Crippen molar-refractivity contribution in [1.82, 2.24) is 9.55 Å². The standard InChI is InChI=1S/C23H20BrFN2O2S/c1-15(17-5-8-19(25)9-6-17)27-22-14-18(24)7-12-21(22)26-23(27)13-16-3-10-20(11-4-16)30(2,28)29/h3-12,14-15H,13H2,1-2H3/t15-/m0/s1. The van der Waals surface area contributed by atoms with E-state index in [1.807, 2.05) is 30.3 Å². The minimum atomic E-state index is -3.24. The molecule has 1 heterocycles. The molecular formula is C23H20BrFN2O2S. The van der Waals surface area contributed by atoms with Crippen LogP contribution in [0.4, 0.5) is 4.39 Å². The summed E-state index contributed by atoms with van der Waals surface area (Å²) in [5.74, 6) is 0.586. The molecular weight excluding hydrogens is 467 g/mol. The molecule has 154 valence electrons. The largest absolute Gasteiger partial charge is 0.320 e. The van der Waals surface area contributed by atoms with Crippen LogP contribution in [-0.2, 0) is 16.3 Å². The molecule has 0 spiro atoms. The third-order valence-corrected chi connectivity index (χ3v) is 6.80. The lowest BCUT2D eigenvalue weighted by molar-refractivity contribution is 0.602. The van der Waals surface area contributed by atoms with Crippen molar-refractivity contribution in [2.75, 3.05) is 6.26 Å². The topological polar surface area (TPSA) is 52.0 Å². The van der Waals surface area contributed by atoms with Gasteiger partial charge in [0.05, 0.1) is 22.0 Å². The summed E-state index contributed by atoms with van der Waals surface area (Å²) in [7, 11) is -3.24. The summed E-state index contributed by atoms with van der Waals surface area (Å²) >= 11 is 3.54. The van der Waals surface area contributed by atoms with E-state index in [1.165, 1.54) is 18.4 Å². The maximum Gasteiger partial charge on any atom is 0.175 e. The van der Waals surface area contributed by atoms with E-state index < -0.39 is 9.84 Å². The lowest BCUT2D eigenvalue weighted by atomic mass is 10.1. The number of imidazole rings is 1. The third-order valence-electron chi connectivity index (χ3n) is 5.18. The molecule has 0 radical (unpaired) electrons. The van der Waals surface area contributed by atoms with Crippen molar-refractivity contribution < 1.29 is 12.8 Å². The zero-order chi connectivity index (χ0) is 21.5. The molecule has 4 rings (SSSR count). The highest BCUT2D eigenvalue weighted by atomic mass is 79.9. The van der Waals surface area contributed by atoms with Crippen LogP contribution in [0.1, 0.15) is 29.9 Å². The van der Waals surface area contributed by atoms with Crippen molar-refractivity contribution >= 4 is 36.8 Å². The van der Waals surface area contributed by atoms with E-state index in [0.717, 1.165) is 32.5 Å². The van der Waals surface area contributed by atoms with Crippen LogP contribution >= 0.6 is 15.9 Å². The predicted octanol–water partition coefficient (Wildman–Crippen LogP) is 5.54. The maximum absolute atomic E-state index is 13.4. The first-order valence-electron chi connectivity index (χ1n) is 9.43. The van der Waals surface area contributed by atoms with E-state index in [2.05, 4.69) is 27.4 Å². The molecule has 3 aromatic carbocycles. The number of aromatic nitrogens is 2. The first kappa shape index (κ1) is 20.8. The summed E-state index contributed by atoms with van der Waals surface area (Å²) in [6, 6.07) is 19.3. The Bertz CT molecular complexity index is 1310. The molecule has 30 heavy (non-hydrogen) atoms. The van der Waals surface area contributed by atoms with E-state index in [0.29, 0.717) is 11.3 Å². The number of sulfone groups is 1. The Kier molecular flexibility index (Phi) is 5.51. The monoisotopic (exact) mass is 486 g/mol. The van der Waals surface area contributed by atoms with Gasteiger partial charge in [-0.25, -0.2) is 17.8 Å². The molecule has 1 aromatic heterocycles. The summed E-state index contributed by atoms with van der Waals surface area (Å²) in [4.78, 5) is 5.13. The van der Waals surface area contributed by atoms with Gasteiger partial charge >= 0.3 is 0 Å². The molecule has 0 unspecified atom stereocenters. The van der Waals surface area contributed by atoms with E-state index in [-0.39, 0.29) is 11.9 Å². The molecule has 0 aliphatic heterocycles. The van der Waals surface area contributed by atoms with Gasteiger partial charge in [0.1, 0.15) is 11.6 Å². The normalized spacial score (nSPS) is 12.9. The van der Waals surface area contributed by atoms with Gasteiger partial charge < -0.3 is 4.57 Å². The SMILES string of the molecule is C[C@@H](c1ccc(F)cc1)n1c(Cc2ccc(S(C)(=O)=O)cc2)nc2ccc(Br)cc21. The van der Waals surface area contributed by atoms with Crippen LogP contribution in [-0.4, -0.2) is 24.2 Å². The molecule has 4 aromatic rings. The van der Waals surface area contributed by atoms with Gasteiger partial charge in [0.2, 0.25) is 0 Å². The smallest absolute Gasteiger partial charge is 0.175 e. The van der Waals surface area contributed by atoms with Gasteiger partial charge in [0, 0.05) is 17.1 Å². The quantitative estimate of drug-likeness (QED) is 0.372. The molecule has 0 bridgehead atoms. The number of hydrogen-bond acceptors (Lipinski definition) is 3. The Morgan fingerprint density at radius 2 is 1.70 bits per heavy atom. The van der Waals surface area contributed by atoms with Crippen LogP contribution in [0.2, 0.25) is 0 Å². The van der Waals surface area contributed by atoms with Crippen molar-refractivity contribution in [3.63, 3.8) is 0 Å². The molecule has 0 amide bonds. The molecule has 4 nitrogen and oxygen atoms in total. The third kappa shape index (κ3) is 4.18. The van der Waals surface area contributed by atoms with Crippen LogP contribution in [0.25, 0.3) is 11.0 Å². The van der Waals surface area contributed by atoms with Gasteiger partial charge in [-0.1, -0.05) is 40.2 Å². The Hall–Kier alpha value is -2.51. The summed E-state index contributed by atoms with van der Waals surface area (Å²) in [5, 5.41) is 0. The van der Waals surface area contributed by atoms with E-state index >= 15 is 0 Å². The van der Waals surface area contributed by atoms with Gasteiger partial charge in [0.25, 0.3) is 0 Å². The predicted molar refractivity (Wildman–Crippen MR) is 120 cm³/mol. The molecule has 0 saturated heterocycles. The Morgan fingerprint density at radius 1 is 1.03 bits per heavy atom. The number of nitrogens with zero attached hydrogens (tertiary/aromatic N) is 2. The fourth-order valence-corrected chi connectivity index (χ4v) is 4.58. The van der Waals surface area contributed by atoms with E-state index in [9.17, 15) is 12.8 Å². The van der Waals surface area contributed by atoms with Crippen molar-refractivity contribution in [2.24, 2.45) is 0 Å². The minimum absolute atomic E-state index is 0.0600. The average Bonchev–Trinajstić information content (AvgIpc) is 3.04. The zero-order valence-corrected chi connectivity index (χ0v) is 18.9. The van der Waals surface area contributed by atoms with Crippen molar-refractivity contribution in [2.45, 2.75) is 24.3 Å². The number of rotatable bonds is 5. The fraction of sp³-hybridized carbons (Fsp3) is 0.174. The Morgan fingerprint density at radius 3 is 2.33 bits per heavy atom. The van der Waals surface area contributed by atoms with E-state index in [4.69, 9.17) is 4.98 Å². The van der Waals surface area contributed by atoms with E-state index in [1.54, 1.807) is 24.3 Å². The summed E-state index contributed by atoms with van der Waals surface area (Å²) in [6.45, 7) is 2.06. The zero-order valence-electron chi connectivity index (χ0n) is 16.5. The van der Waals surface area contributed by atoms with Crippen LogP contribution < -0.4 is 0 Å². The highest BCUT2D eigenvalue weighted by Crippen LogP contribution is 2.29. The Balaban J connectivity index is 1.79. The molecule has 0 N–H and O–H groups in total. The highest BCUT2D eigenvalue weighted by Gasteiger charge is 2.18. The van der Waals surface area contributed by atoms with Gasteiger partial charge in [-0.2, -0.15) is 0 Å². The van der Waals surface area contributed by atoms with Crippen LogP contribution in [0, 0.1) is 5.82 Å². The summed E-state index contributed by atoms with van der Waals surface area (Å²) in [6.07, 6.45) is 1.74. The molecule has 0 aliphatic rings. The fourth-order valence-electron chi connectivity index (χ4n) is 3.60. The summed E-state index contributed by atoms with van der Waals surface area (Å²) in [5.41, 5.74) is 3.78. The van der Waals surface area contributed by atoms with Gasteiger partial charge in [0.15, 0.2) is 9.84 Å². The number of fused-ring (bicyclic) bond motifs is 1. The number of benzene rings is 3. The molecule has 0 aliphatic carbocycles. The van der Waals surface area contributed by atoms with Crippen LogP contribution in [0.15, 0.2) is 76.1 Å². The first-order chi connectivity index (χ1) is 14.2. The minimum Gasteiger partial charge on any atom is -0.320 e. The number of halogens is 2. The van der Waals surface area contributed by atoms with Crippen molar-refractivity contribution in [3.8, 4) is 0 Å². The maximum atomic E-state index is 13.4. The second-order valence-electron chi connectivity index (χ2n) is 7.35. The van der Waals surface area contributed by atoms with Crippen molar-refractivity contribution in [3.05, 3.63) is 94.0 Å². The lowest BCUT2D eigenvalue weighted by Crippen LogP contribution is -2.11. The second kappa shape index (κ2) is 7.96. The van der Waals surface area contributed by atoms with Crippen LogP contribution in [0.3, 0.4) is 0 Å². The van der Waals surface area contributed by atoms with Crippen molar-refractivity contribution in [1.29, 1.82) is 0 Å². The Labute approximate surface area is 183 Å². The van der Waals surface area contributed by atoms with Crippen LogP contribution in [0.5, 0.6) is 0 Å².